The minimum Gasteiger partial charge on any atom is -0.255 e. The Kier molecular flexibility index (Phi) is 5.65. The summed E-state index contributed by atoms with van der Waals surface area (Å²) >= 11 is 0. The third kappa shape index (κ3) is 4.39. The second-order valence-electron chi connectivity index (χ2n) is 5.76. The average Bonchev–Trinajstić information content (AvgIpc) is 2.47. The van der Waals surface area contributed by atoms with Gasteiger partial charge in [0.2, 0.25) is 0 Å². The molecule has 0 fully saturated rings. The van der Waals surface area contributed by atoms with E-state index in [1.807, 2.05) is 0 Å². The molecule has 0 saturated heterocycles. The van der Waals surface area contributed by atoms with E-state index in [0.717, 1.165) is 17.8 Å². The van der Waals surface area contributed by atoms with Gasteiger partial charge in [0.1, 0.15) is 0 Å². The summed E-state index contributed by atoms with van der Waals surface area (Å²) in [5, 5.41) is 0. The molecule has 0 amide bonds. The number of allylic oxidation sites excluding steroid dienone is 5. The summed E-state index contributed by atoms with van der Waals surface area (Å²) in [6, 6.07) is 6.21. The number of para-hydroxylation sites is 1. The summed E-state index contributed by atoms with van der Waals surface area (Å²) < 4.78 is 0. The lowest BCUT2D eigenvalue weighted by molar-refractivity contribution is 0.911. The number of benzene rings is 1. The van der Waals surface area contributed by atoms with Crippen molar-refractivity contribution in [2.24, 2.45) is 15.9 Å². The zero-order valence-electron chi connectivity index (χ0n) is 13.9. The summed E-state index contributed by atoms with van der Waals surface area (Å²) in [6.07, 6.45) is 13.3. The Morgan fingerprint density at radius 2 is 1.73 bits per heavy atom. The number of hydrogen-bond acceptors (Lipinski definition) is 2. The molecular formula is C20H24N2. The predicted molar refractivity (Wildman–Crippen MR) is 97.3 cm³/mol. The van der Waals surface area contributed by atoms with Crippen LogP contribution in [-0.4, -0.2) is 12.4 Å². The summed E-state index contributed by atoms with van der Waals surface area (Å²) in [7, 11) is 0. The second-order valence-corrected chi connectivity index (χ2v) is 5.76. The zero-order valence-corrected chi connectivity index (χ0v) is 13.9. The summed E-state index contributed by atoms with van der Waals surface area (Å²) in [5.74, 6) is 0.409. The van der Waals surface area contributed by atoms with E-state index in [4.69, 9.17) is 0 Å². The molecule has 1 unspecified atom stereocenters. The van der Waals surface area contributed by atoms with E-state index in [0.29, 0.717) is 5.92 Å². The first-order chi connectivity index (χ1) is 10.6. The third-order valence-corrected chi connectivity index (χ3v) is 3.75. The highest BCUT2D eigenvalue weighted by Crippen LogP contribution is 2.22. The maximum atomic E-state index is 4.58. The van der Waals surface area contributed by atoms with Crippen LogP contribution in [0.4, 0.5) is 5.69 Å². The lowest BCUT2D eigenvalue weighted by Crippen LogP contribution is -1.93. The SMILES string of the molecule is CC1=CC/C=C\C(C)C=C1N=CC=Nc1c(C)cccc1C. The second kappa shape index (κ2) is 7.69. The van der Waals surface area contributed by atoms with Crippen LogP contribution in [-0.2, 0) is 0 Å². The molecule has 114 valence electrons. The van der Waals surface area contributed by atoms with Crippen LogP contribution in [0, 0.1) is 19.8 Å². The molecule has 0 N–H and O–H groups in total. The summed E-state index contributed by atoms with van der Waals surface area (Å²) in [5.41, 5.74) is 5.65. The van der Waals surface area contributed by atoms with Gasteiger partial charge in [-0.25, -0.2) is 0 Å². The quantitative estimate of drug-likeness (QED) is 0.519. The molecule has 1 aliphatic carbocycles. The van der Waals surface area contributed by atoms with Crippen molar-refractivity contribution in [2.45, 2.75) is 34.1 Å². The van der Waals surface area contributed by atoms with Gasteiger partial charge in [-0.1, -0.05) is 49.4 Å². The maximum absolute atomic E-state index is 4.58. The Bertz CT molecular complexity index is 653. The molecule has 0 aromatic heterocycles. The minimum atomic E-state index is 0.409. The number of aliphatic imine (C=N–C) groups is 2. The van der Waals surface area contributed by atoms with Crippen LogP contribution in [0.25, 0.3) is 0 Å². The van der Waals surface area contributed by atoms with Crippen LogP contribution in [0.2, 0.25) is 0 Å². The number of rotatable bonds is 3. The predicted octanol–water partition coefficient (Wildman–Crippen LogP) is 5.50. The smallest absolute Gasteiger partial charge is 0.0688 e. The van der Waals surface area contributed by atoms with E-state index in [1.54, 1.807) is 12.4 Å². The van der Waals surface area contributed by atoms with E-state index in [2.05, 4.69) is 80.2 Å². The highest BCUT2D eigenvalue weighted by Gasteiger charge is 2.02. The van der Waals surface area contributed by atoms with Crippen molar-refractivity contribution in [2.75, 3.05) is 0 Å². The highest BCUT2D eigenvalue weighted by molar-refractivity contribution is 6.17. The molecule has 1 aromatic carbocycles. The summed E-state index contributed by atoms with van der Waals surface area (Å²) in [6.45, 7) is 8.44. The van der Waals surface area contributed by atoms with E-state index in [1.165, 1.54) is 16.7 Å². The van der Waals surface area contributed by atoms with Gasteiger partial charge in [0, 0.05) is 12.4 Å². The molecule has 1 atom stereocenters. The van der Waals surface area contributed by atoms with Crippen molar-refractivity contribution in [3.8, 4) is 0 Å². The van der Waals surface area contributed by atoms with E-state index < -0.39 is 0 Å². The molecule has 2 nitrogen and oxygen atoms in total. The van der Waals surface area contributed by atoms with Gasteiger partial charge in [0.25, 0.3) is 0 Å². The first kappa shape index (κ1) is 16.2. The Hall–Kier alpha value is -2.22. The number of hydrogen-bond donors (Lipinski definition) is 0. The van der Waals surface area contributed by atoms with Crippen LogP contribution in [0.1, 0.15) is 31.4 Å². The molecule has 0 radical (unpaired) electrons. The third-order valence-electron chi connectivity index (χ3n) is 3.75. The van der Waals surface area contributed by atoms with Crippen molar-refractivity contribution in [3.63, 3.8) is 0 Å². The summed E-state index contributed by atoms with van der Waals surface area (Å²) in [4.78, 5) is 9.12. The fourth-order valence-electron chi connectivity index (χ4n) is 2.45. The first-order valence-corrected chi connectivity index (χ1v) is 7.76. The fourth-order valence-corrected chi connectivity index (χ4v) is 2.45. The van der Waals surface area contributed by atoms with Crippen molar-refractivity contribution in [1.82, 2.24) is 0 Å². The van der Waals surface area contributed by atoms with Gasteiger partial charge in [0.05, 0.1) is 11.4 Å². The Balaban J connectivity index is 2.16. The molecule has 2 rings (SSSR count). The average molecular weight is 292 g/mol. The molecule has 0 spiro atoms. The van der Waals surface area contributed by atoms with Crippen LogP contribution in [0.3, 0.4) is 0 Å². The molecule has 2 heteroatoms. The fraction of sp³-hybridized carbons (Fsp3) is 0.300. The maximum Gasteiger partial charge on any atom is 0.0688 e. The van der Waals surface area contributed by atoms with Crippen molar-refractivity contribution in [3.05, 3.63) is 64.9 Å². The van der Waals surface area contributed by atoms with Gasteiger partial charge in [-0.3, -0.25) is 9.98 Å². The molecule has 1 aromatic rings. The van der Waals surface area contributed by atoms with Gasteiger partial charge in [-0.2, -0.15) is 0 Å². The normalized spacial score (nSPS) is 20.6. The van der Waals surface area contributed by atoms with Gasteiger partial charge in [0.15, 0.2) is 0 Å². The largest absolute Gasteiger partial charge is 0.255 e. The van der Waals surface area contributed by atoms with Crippen molar-refractivity contribution < 1.29 is 0 Å². The molecule has 0 bridgehead atoms. The van der Waals surface area contributed by atoms with Crippen LogP contribution < -0.4 is 0 Å². The lowest BCUT2D eigenvalue weighted by Gasteiger charge is -2.08. The van der Waals surface area contributed by atoms with Gasteiger partial charge < -0.3 is 0 Å². The topological polar surface area (TPSA) is 24.7 Å². The Morgan fingerprint density at radius 3 is 2.45 bits per heavy atom. The number of nitrogens with zero attached hydrogens (tertiary/aromatic N) is 2. The molecule has 0 saturated carbocycles. The lowest BCUT2D eigenvalue weighted by atomic mass is 10.0. The van der Waals surface area contributed by atoms with Gasteiger partial charge >= 0.3 is 0 Å². The first-order valence-electron chi connectivity index (χ1n) is 7.76. The van der Waals surface area contributed by atoms with Crippen LogP contribution in [0.5, 0.6) is 0 Å². The Labute approximate surface area is 133 Å². The molecular weight excluding hydrogens is 268 g/mol. The van der Waals surface area contributed by atoms with Crippen molar-refractivity contribution in [1.29, 1.82) is 0 Å². The molecule has 1 aliphatic rings. The molecule has 0 heterocycles. The van der Waals surface area contributed by atoms with Crippen LogP contribution in [0.15, 0.2) is 63.8 Å². The molecule has 22 heavy (non-hydrogen) atoms. The monoisotopic (exact) mass is 292 g/mol. The van der Waals surface area contributed by atoms with Crippen molar-refractivity contribution >= 4 is 18.1 Å². The Morgan fingerprint density at radius 1 is 1.05 bits per heavy atom. The van der Waals surface area contributed by atoms with Crippen LogP contribution >= 0.6 is 0 Å². The van der Waals surface area contributed by atoms with Gasteiger partial charge in [-0.15, -0.1) is 0 Å². The van der Waals surface area contributed by atoms with E-state index in [9.17, 15) is 0 Å². The molecule has 0 aliphatic heterocycles. The van der Waals surface area contributed by atoms with E-state index >= 15 is 0 Å². The van der Waals surface area contributed by atoms with Gasteiger partial charge in [-0.05, 0) is 49.8 Å². The number of aryl methyl sites for hydroxylation is 2. The van der Waals surface area contributed by atoms with E-state index in [-0.39, 0.29) is 0 Å². The standard InChI is InChI=1S/C20H24N2/c1-15-8-5-6-9-16(2)19(14-15)21-12-13-22-20-17(3)10-7-11-18(20)4/h5,7-15H,6H2,1-4H3/b8-5-,16-9?,19-14?,21-12?,22-13?. The highest BCUT2D eigenvalue weighted by atomic mass is 14.8. The minimum absolute atomic E-state index is 0.409. The zero-order chi connectivity index (χ0) is 15.9.